The number of rotatable bonds is 2. The monoisotopic (exact) mass is 744 g/mol. The Hall–Kier alpha value is -5.49. The Balaban J connectivity index is 1.28. The van der Waals surface area contributed by atoms with Crippen molar-refractivity contribution in [3.63, 3.8) is 0 Å². The third kappa shape index (κ3) is 4.33. The number of hydrogen-bond donors (Lipinski definition) is 0. The van der Waals surface area contributed by atoms with Crippen LogP contribution in [0.15, 0.2) is 152 Å². The fourth-order valence-corrected chi connectivity index (χ4v) is 12.3. The van der Waals surface area contributed by atoms with E-state index in [1.165, 1.54) is 74.0 Å². The van der Waals surface area contributed by atoms with Gasteiger partial charge in [0.2, 0.25) is 0 Å². The second-order valence-electron chi connectivity index (χ2n) is 15.2. The van der Waals surface area contributed by atoms with Gasteiger partial charge in [-0.05, 0) is 33.7 Å². The average molecular weight is 743 g/mol. The number of fused-ring (bicyclic) bond motifs is 13. The number of imidazole rings is 1. The molecule has 0 N–H and O–H groups in total. The summed E-state index contributed by atoms with van der Waals surface area (Å²) in [4.78, 5) is 5.51. The number of aromatic nitrogens is 2. The van der Waals surface area contributed by atoms with E-state index in [2.05, 4.69) is 173 Å². The van der Waals surface area contributed by atoms with Crippen molar-refractivity contribution in [3.8, 4) is 11.4 Å². The molecular formula is C48H34GeN2S. The number of para-hydroxylation sites is 2. The minimum atomic E-state index is -1.95. The van der Waals surface area contributed by atoms with Crippen LogP contribution in [-0.4, -0.2) is 22.7 Å². The van der Waals surface area contributed by atoms with Gasteiger partial charge < -0.3 is 0 Å². The number of nitrogens with zero attached hydrogens (tertiary/aromatic N) is 2. The standard InChI is InChI=1S/C48H34GeN2S/c1-49(2,3)31-24-25-32-29(26-31)22-23-30-27-42-39-18-10-19-40(47(39)52-45(42)28-41(30)32)48-50-43-20-11-17-38-36-15-7-5-13-34(36)33-12-4-6-14-35(33)37-16-8-9-21-44(37)51(48)46(38)43/h4-28H,1-3H3. The van der Waals surface area contributed by atoms with Gasteiger partial charge in [0.1, 0.15) is 0 Å². The van der Waals surface area contributed by atoms with Crippen molar-refractivity contribution in [2.75, 3.05) is 0 Å². The van der Waals surface area contributed by atoms with Crippen molar-refractivity contribution in [2.24, 2.45) is 0 Å². The second kappa shape index (κ2) is 11.0. The molecule has 4 heteroatoms. The Bertz CT molecular complexity index is 3340. The van der Waals surface area contributed by atoms with Crippen molar-refractivity contribution >= 4 is 120 Å². The van der Waals surface area contributed by atoms with Crippen LogP contribution in [0.2, 0.25) is 17.3 Å². The summed E-state index contributed by atoms with van der Waals surface area (Å²) in [5, 5.41) is 15.2. The van der Waals surface area contributed by atoms with Crippen molar-refractivity contribution in [3.05, 3.63) is 152 Å². The van der Waals surface area contributed by atoms with Gasteiger partial charge in [-0.2, -0.15) is 0 Å². The van der Waals surface area contributed by atoms with Crippen LogP contribution in [0.4, 0.5) is 0 Å². The fraction of sp³-hybridized carbons (Fsp3) is 0.0625. The normalized spacial score (nSPS) is 12.5. The van der Waals surface area contributed by atoms with Gasteiger partial charge in [-0.25, -0.2) is 0 Å². The van der Waals surface area contributed by atoms with Crippen molar-refractivity contribution < 1.29 is 0 Å². The van der Waals surface area contributed by atoms with E-state index >= 15 is 0 Å². The van der Waals surface area contributed by atoms with E-state index < -0.39 is 13.3 Å². The SMILES string of the molecule is [CH3][Ge]([CH3])([CH3])[c]1ccc2c(ccc3cc4c(cc32)sc2c(-c3nc5cccc6c7ccccc7c7ccccc7c7ccccc7n3c56)cccc24)c1. The first-order chi connectivity index (χ1) is 25.4. The first kappa shape index (κ1) is 30.2. The molecule has 11 aromatic rings. The summed E-state index contributed by atoms with van der Waals surface area (Å²) in [7, 11) is 0. The van der Waals surface area contributed by atoms with Gasteiger partial charge >= 0.3 is 169 Å². The maximum absolute atomic E-state index is 5.51. The van der Waals surface area contributed by atoms with Gasteiger partial charge in [-0.15, -0.1) is 0 Å². The quantitative estimate of drug-likeness (QED) is 0.127. The molecule has 2 nitrogen and oxygen atoms in total. The Kier molecular flexibility index (Phi) is 6.39. The van der Waals surface area contributed by atoms with Gasteiger partial charge in [0, 0.05) is 10.8 Å². The molecule has 0 radical (unpaired) electrons. The molecular weight excluding hydrogens is 709 g/mol. The third-order valence-electron chi connectivity index (χ3n) is 11.1. The first-order valence-corrected chi connectivity index (χ1v) is 26.2. The van der Waals surface area contributed by atoms with Gasteiger partial charge in [0.05, 0.1) is 16.6 Å². The molecule has 0 bridgehead atoms. The van der Waals surface area contributed by atoms with Gasteiger partial charge in [0.25, 0.3) is 0 Å². The van der Waals surface area contributed by atoms with Crippen molar-refractivity contribution in [2.45, 2.75) is 17.3 Å². The Labute approximate surface area is 307 Å². The molecule has 52 heavy (non-hydrogen) atoms. The zero-order valence-corrected chi connectivity index (χ0v) is 32.2. The summed E-state index contributed by atoms with van der Waals surface area (Å²) in [6.45, 7) is 0. The van der Waals surface area contributed by atoms with Crippen LogP contribution in [0.3, 0.4) is 0 Å². The number of thiophene rings is 1. The summed E-state index contributed by atoms with van der Waals surface area (Å²) in [5.74, 6) is 8.39. The molecule has 0 atom stereocenters. The maximum atomic E-state index is 5.51. The summed E-state index contributed by atoms with van der Waals surface area (Å²) in [6, 6.07) is 56.6. The van der Waals surface area contributed by atoms with Gasteiger partial charge in [-0.3, -0.25) is 0 Å². The predicted molar refractivity (Wildman–Crippen MR) is 230 cm³/mol. The van der Waals surface area contributed by atoms with E-state index in [0.717, 1.165) is 27.9 Å². The van der Waals surface area contributed by atoms with Gasteiger partial charge in [0.15, 0.2) is 0 Å². The Morgan fingerprint density at radius 1 is 0.481 bits per heavy atom. The summed E-state index contributed by atoms with van der Waals surface area (Å²) in [5.41, 5.74) is 4.44. The van der Waals surface area contributed by atoms with Crippen LogP contribution in [0, 0.1) is 0 Å². The van der Waals surface area contributed by atoms with E-state index in [-0.39, 0.29) is 0 Å². The zero-order valence-electron chi connectivity index (χ0n) is 29.2. The van der Waals surface area contributed by atoms with E-state index in [9.17, 15) is 0 Å². The van der Waals surface area contributed by atoms with E-state index in [1.54, 1.807) is 4.40 Å². The van der Waals surface area contributed by atoms with Crippen LogP contribution >= 0.6 is 11.3 Å². The summed E-state index contributed by atoms with van der Waals surface area (Å²) < 4.78 is 6.57. The molecule has 246 valence electrons. The van der Waals surface area contributed by atoms with Crippen LogP contribution in [-0.2, 0) is 0 Å². The summed E-state index contributed by atoms with van der Waals surface area (Å²) in [6.07, 6.45) is 0. The molecule has 0 saturated carbocycles. The van der Waals surface area contributed by atoms with E-state index in [4.69, 9.17) is 4.98 Å². The molecule has 0 fully saturated rings. The molecule has 0 aliphatic carbocycles. The molecule has 0 spiro atoms. The Morgan fingerprint density at radius 3 is 1.85 bits per heavy atom. The predicted octanol–water partition coefficient (Wildman–Crippen LogP) is 13.4. The molecule has 0 aliphatic heterocycles. The zero-order chi connectivity index (χ0) is 34.7. The fourth-order valence-electron chi connectivity index (χ4n) is 8.56. The van der Waals surface area contributed by atoms with E-state index in [1.807, 2.05) is 11.3 Å². The number of benzene rings is 8. The average Bonchev–Trinajstić information content (AvgIpc) is 3.75. The van der Waals surface area contributed by atoms with Crippen LogP contribution in [0.1, 0.15) is 0 Å². The number of hydrogen-bond acceptors (Lipinski definition) is 2. The molecule has 11 rings (SSSR count). The van der Waals surface area contributed by atoms with Crippen LogP contribution in [0.25, 0.3) is 102 Å². The minimum absolute atomic E-state index is 0.972. The first-order valence-electron chi connectivity index (χ1n) is 18.0. The van der Waals surface area contributed by atoms with Gasteiger partial charge in [-0.1, -0.05) is 78.9 Å². The van der Waals surface area contributed by atoms with Crippen molar-refractivity contribution in [1.82, 2.24) is 9.38 Å². The van der Waals surface area contributed by atoms with Crippen LogP contribution < -0.4 is 4.40 Å². The topological polar surface area (TPSA) is 17.3 Å². The molecule has 0 aliphatic rings. The molecule has 0 amide bonds. The third-order valence-corrected chi connectivity index (χ3v) is 16.6. The molecule has 3 aromatic heterocycles. The molecule has 0 saturated heterocycles. The molecule has 0 unspecified atom stereocenters. The van der Waals surface area contributed by atoms with Crippen molar-refractivity contribution in [1.29, 1.82) is 0 Å². The molecule has 8 aromatic carbocycles. The van der Waals surface area contributed by atoms with E-state index in [0.29, 0.717) is 0 Å². The van der Waals surface area contributed by atoms with Crippen LogP contribution in [0.5, 0.6) is 0 Å². The molecule has 3 heterocycles. The second-order valence-corrected chi connectivity index (χ2v) is 26.9. The Morgan fingerprint density at radius 2 is 1.10 bits per heavy atom. The summed E-state index contributed by atoms with van der Waals surface area (Å²) >= 11 is -0.0539.